The van der Waals surface area contributed by atoms with Crippen LogP contribution in [0.5, 0.6) is 0 Å². The fraction of sp³-hybridized carbons (Fsp3) is 0.286. The Labute approximate surface area is 122 Å². The molecular formula is C14H15NO5S. The van der Waals surface area contributed by atoms with Crippen molar-refractivity contribution in [2.75, 3.05) is 11.5 Å². The minimum Gasteiger partial charge on any atom is -0.478 e. The summed E-state index contributed by atoms with van der Waals surface area (Å²) in [5.74, 6) is -1.28. The molecule has 0 aliphatic carbocycles. The molecule has 6 nitrogen and oxygen atoms in total. The molecule has 1 aliphatic heterocycles. The minimum absolute atomic E-state index is 0.0157. The third-order valence-corrected chi connectivity index (χ3v) is 4.93. The number of carboxylic acids is 1. The van der Waals surface area contributed by atoms with Gasteiger partial charge in [-0.05, 0) is 30.2 Å². The standard InChI is InChI=1S/C14H15NO5S/c16-13(17)6-3-10-1-4-11(5-2-10)14(18)15-12-7-8-21(19,20)9-12/h1-6,12H,7-9H2,(H,15,18)(H,16,17). The van der Waals surface area contributed by atoms with Gasteiger partial charge in [0.15, 0.2) is 9.84 Å². The van der Waals surface area contributed by atoms with E-state index in [0.29, 0.717) is 17.5 Å². The smallest absolute Gasteiger partial charge is 0.328 e. The van der Waals surface area contributed by atoms with Gasteiger partial charge in [-0.1, -0.05) is 12.1 Å². The molecule has 0 radical (unpaired) electrons. The molecule has 112 valence electrons. The van der Waals surface area contributed by atoms with Crippen LogP contribution < -0.4 is 5.32 Å². The molecule has 1 saturated heterocycles. The van der Waals surface area contributed by atoms with Crippen molar-refractivity contribution in [3.8, 4) is 0 Å². The first kappa shape index (κ1) is 15.2. The predicted molar refractivity (Wildman–Crippen MR) is 77.6 cm³/mol. The quantitative estimate of drug-likeness (QED) is 0.797. The van der Waals surface area contributed by atoms with Gasteiger partial charge in [0.05, 0.1) is 11.5 Å². The van der Waals surface area contributed by atoms with Gasteiger partial charge < -0.3 is 10.4 Å². The molecule has 1 aromatic carbocycles. The Bertz CT molecular complexity index is 676. The number of aliphatic carboxylic acids is 1. The topological polar surface area (TPSA) is 101 Å². The Hall–Kier alpha value is -2.15. The van der Waals surface area contributed by atoms with Crippen molar-refractivity contribution in [3.05, 3.63) is 41.5 Å². The number of amides is 1. The average Bonchev–Trinajstić information content (AvgIpc) is 2.76. The van der Waals surface area contributed by atoms with Crippen LogP contribution in [-0.2, 0) is 14.6 Å². The molecule has 2 N–H and O–H groups in total. The van der Waals surface area contributed by atoms with Crippen LogP contribution in [-0.4, -0.2) is 42.9 Å². The lowest BCUT2D eigenvalue weighted by Crippen LogP contribution is -2.35. The van der Waals surface area contributed by atoms with Crippen molar-refractivity contribution in [1.82, 2.24) is 5.32 Å². The van der Waals surface area contributed by atoms with Crippen LogP contribution in [0.1, 0.15) is 22.3 Å². The zero-order valence-electron chi connectivity index (χ0n) is 11.2. The van der Waals surface area contributed by atoms with E-state index in [2.05, 4.69) is 5.32 Å². The Morgan fingerprint density at radius 1 is 1.24 bits per heavy atom. The summed E-state index contributed by atoms with van der Waals surface area (Å²) in [6.45, 7) is 0. The van der Waals surface area contributed by atoms with E-state index >= 15 is 0 Å². The maximum Gasteiger partial charge on any atom is 0.328 e. The van der Waals surface area contributed by atoms with Crippen LogP contribution in [0, 0.1) is 0 Å². The van der Waals surface area contributed by atoms with Gasteiger partial charge in [-0.25, -0.2) is 13.2 Å². The monoisotopic (exact) mass is 309 g/mol. The highest BCUT2D eigenvalue weighted by Crippen LogP contribution is 2.13. The summed E-state index contributed by atoms with van der Waals surface area (Å²) in [7, 11) is -3.02. The van der Waals surface area contributed by atoms with Crippen LogP contribution in [0.3, 0.4) is 0 Å². The summed E-state index contributed by atoms with van der Waals surface area (Å²) in [5, 5.41) is 11.2. The number of carbonyl (C=O) groups excluding carboxylic acids is 1. The van der Waals surface area contributed by atoms with Gasteiger partial charge in [0.1, 0.15) is 0 Å². The molecule has 1 atom stereocenters. The largest absolute Gasteiger partial charge is 0.478 e. The van der Waals surface area contributed by atoms with Crippen LogP contribution >= 0.6 is 0 Å². The number of carbonyl (C=O) groups is 2. The molecule has 0 bridgehead atoms. The lowest BCUT2D eigenvalue weighted by molar-refractivity contribution is -0.131. The summed E-state index contributed by atoms with van der Waals surface area (Å²) in [6.07, 6.45) is 2.87. The molecule has 1 aromatic rings. The summed E-state index contributed by atoms with van der Waals surface area (Å²) in [4.78, 5) is 22.4. The number of benzene rings is 1. The second-order valence-corrected chi connectivity index (χ2v) is 7.10. The van der Waals surface area contributed by atoms with Crippen molar-refractivity contribution in [2.45, 2.75) is 12.5 Å². The highest BCUT2D eigenvalue weighted by atomic mass is 32.2. The zero-order valence-corrected chi connectivity index (χ0v) is 12.0. The van der Waals surface area contributed by atoms with Crippen molar-refractivity contribution in [2.24, 2.45) is 0 Å². The van der Waals surface area contributed by atoms with Crippen molar-refractivity contribution in [1.29, 1.82) is 0 Å². The van der Waals surface area contributed by atoms with Gasteiger partial charge in [0.25, 0.3) is 5.91 Å². The molecule has 1 heterocycles. The van der Waals surface area contributed by atoms with Crippen molar-refractivity contribution in [3.63, 3.8) is 0 Å². The Morgan fingerprint density at radius 3 is 2.43 bits per heavy atom. The van der Waals surface area contributed by atoms with Crippen LogP contribution in [0.25, 0.3) is 6.08 Å². The summed E-state index contributed by atoms with van der Waals surface area (Å²) in [5.41, 5.74) is 1.07. The van der Waals surface area contributed by atoms with Gasteiger partial charge in [0.2, 0.25) is 0 Å². The Morgan fingerprint density at radius 2 is 1.90 bits per heavy atom. The third kappa shape index (κ3) is 4.42. The zero-order chi connectivity index (χ0) is 15.5. The number of nitrogens with one attached hydrogen (secondary N) is 1. The van der Waals surface area contributed by atoms with Gasteiger partial charge in [-0.2, -0.15) is 0 Å². The summed E-state index contributed by atoms with van der Waals surface area (Å²) in [6, 6.07) is 6.05. The van der Waals surface area contributed by atoms with Crippen molar-refractivity contribution < 1.29 is 23.1 Å². The minimum atomic E-state index is -3.02. The van der Waals surface area contributed by atoms with E-state index in [9.17, 15) is 18.0 Å². The molecule has 0 saturated carbocycles. The molecule has 2 rings (SSSR count). The Kier molecular flexibility index (Phi) is 4.42. The fourth-order valence-electron chi connectivity index (χ4n) is 2.09. The van der Waals surface area contributed by atoms with Crippen LogP contribution in [0.4, 0.5) is 0 Å². The second-order valence-electron chi connectivity index (χ2n) is 4.87. The summed E-state index contributed by atoms with van der Waals surface area (Å²) < 4.78 is 22.6. The van der Waals surface area contributed by atoms with Crippen LogP contribution in [0.2, 0.25) is 0 Å². The van der Waals surface area contributed by atoms with Gasteiger partial charge >= 0.3 is 5.97 Å². The molecule has 1 aliphatic rings. The first-order chi connectivity index (χ1) is 9.85. The molecule has 0 spiro atoms. The van der Waals surface area contributed by atoms with E-state index < -0.39 is 15.8 Å². The normalized spacial score (nSPS) is 20.5. The first-order valence-electron chi connectivity index (χ1n) is 6.38. The van der Waals surface area contributed by atoms with E-state index in [1.807, 2.05) is 0 Å². The van der Waals surface area contributed by atoms with E-state index in [1.54, 1.807) is 24.3 Å². The van der Waals surface area contributed by atoms with E-state index in [-0.39, 0.29) is 23.5 Å². The predicted octanol–water partition coefficient (Wildman–Crippen LogP) is 0.701. The molecule has 21 heavy (non-hydrogen) atoms. The maximum absolute atomic E-state index is 12.0. The molecule has 0 aromatic heterocycles. The van der Waals surface area contributed by atoms with E-state index in [0.717, 1.165) is 6.08 Å². The van der Waals surface area contributed by atoms with Crippen molar-refractivity contribution >= 4 is 27.8 Å². The third-order valence-electron chi connectivity index (χ3n) is 3.16. The van der Waals surface area contributed by atoms with Gasteiger partial charge in [-0.3, -0.25) is 4.79 Å². The number of rotatable bonds is 4. The highest BCUT2D eigenvalue weighted by molar-refractivity contribution is 7.91. The fourth-order valence-corrected chi connectivity index (χ4v) is 3.76. The first-order valence-corrected chi connectivity index (χ1v) is 8.20. The summed E-state index contributed by atoms with van der Waals surface area (Å²) >= 11 is 0. The SMILES string of the molecule is O=C(O)C=Cc1ccc(C(=O)NC2CCS(=O)(=O)C2)cc1. The molecule has 7 heteroatoms. The Balaban J connectivity index is 1.99. The van der Waals surface area contributed by atoms with Gasteiger partial charge in [-0.15, -0.1) is 0 Å². The highest BCUT2D eigenvalue weighted by Gasteiger charge is 2.29. The lowest BCUT2D eigenvalue weighted by Gasteiger charge is -2.10. The maximum atomic E-state index is 12.0. The van der Waals surface area contributed by atoms with Gasteiger partial charge in [0, 0.05) is 17.7 Å². The molecule has 1 amide bonds. The molecule has 1 fully saturated rings. The van der Waals surface area contributed by atoms with Crippen LogP contribution in [0.15, 0.2) is 30.3 Å². The van der Waals surface area contributed by atoms with E-state index in [4.69, 9.17) is 5.11 Å². The number of sulfone groups is 1. The second kappa shape index (κ2) is 6.09. The average molecular weight is 309 g/mol. The molecular weight excluding hydrogens is 294 g/mol. The van der Waals surface area contributed by atoms with E-state index in [1.165, 1.54) is 6.08 Å². The lowest BCUT2D eigenvalue weighted by atomic mass is 10.1. The molecule has 1 unspecified atom stereocenters. The number of hydrogen-bond acceptors (Lipinski definition) is 4. The number of hydrogen-bond donors (Lipinski definition) is 2. The number of carboxylic acid groups (broad SMARTS) is 1.